The first-order chi connectivity index (χ1) is 11.2. The minimum Gasteiger partial charge on any atom is -0.455 e. The lowest BCUT2D eigenvalue weighted by molar-refractivity contribution is -0.116. The molecule has 1 saturated heterocycles. The van der Waals surface area contributed by atoms with E-state index >= 15 is 0 Å². The number of amides is 1. The Kier molecular flexibility index (Phi) is 8.69. The molecule has 1 aromatic heterocycles. The van der Waals surface area contributed by atoms with Crippen LogP contribution in [-0.2, 0) is 4.79 Å². The maximum absolute atomic E-state index is 12.1. The molecule has 5 nitrogen and oxygen atoms in total. The van der Waals surface area contributed by atoms with Crippen LogP contribution in [0.15, 0.2) is 42.7 Å². The highest BCUT2D eigenvalue weighted by molar-refractivity contribution is 5.91. The van der Waals surface area contributed by atoms with Crippen LogP contribution in [0.1, 0.15) is 24.8 Å². The predicted octanol–water partition coefficient (Wildman–Crippen LogP) is 4.11. The van der Waals surface area contributed by atoms with E-state index in [1.165, 1.54) is 0 Å². The minimum atomic E-state index is 0. The standard InChI is InChI=1S/C18H21N3O2.2ClH/c1-13-10-15(21-18(22)11-14-4-2-9-20-14)6-7-17(13)23-16-5-3-8-19-12-16;;/h3,5-8,10,12,14,20H,2,4,9,11H2,1H3,(H,21,22);2*1H. The number of rotatable bonds is 5. The largest absolute Gasteiger partial charge is 0.455 e. The first-order valence-corrected chi connectivity index (χ1v) is 7.92. The first kappa shape index (κ1) is 21.2. The summed E-state index contributed by atoms with van der Waals surface area (Å²) in [5, 5.41) is 6.29. The molecule has 1 fully saturated rings. The van der Waals surface area contributed by atoms with Gasteiger partial charge in [0.15, 0.2) is 0 Å². The topological polar surface area (TPSA) is 63.2 Å². The molecule has 0 bridgehead atoms. The van der Waals surface area contributed by atoms with Crippen molar-refractivity contribution in [3.63, 3.8) is 0 Å². The van der Waals surface area contributed by atoms with Gasteiger partial charge in [0.05, 0.1) is 6.20 Å². The van der Waals surface area contributed by atoms with Gasteiger partial charge in [-0.15, -0.1) is 24.8 Å². The van der Waals surface area contributed by atoms with E-state index in [1.807, 2.05) is 37.3 Å². The van der Waals surface area contributed by atoms with Gasteiger partial charge in [0.1, 0.15) is 11.5 Å². The molecule has 0 saturated carbocycles. The molecule has 1 aliphatic rings. The molecule has 2 N–H and O–H groups in total. The van der Waals surface area contributed by atoms with Crippen molar-refractivity contribution in [2.75, 3.05) is 11.9 Å². The molecular weight excluding hydrogens is 361 g/mol. The Morgan fingerprint density at radius 2 is 2.20 bits per heavy atom. The van der Waals surface area contributed by atoms with Crippen molar-refractivity contribution >= 4 is 36.4 Å². The quantitative estimate of drug-likeness (QED) is 0.815. The summed E-state index contributed by atoms with van der Waals surface area (Å²) < 4.78 is 5.79. The summed E-state index contributed by atoms with van der Waals surface area (Å²) in [4.78, 5) is 16.1. The Hall–Kier alpha value is -1.82. The van der Waals surface area contributed by atoms with Gasteiger partial charge in [0.25, 0.3) is 0 Å². The molecule has 7 heteroatoms. The Morgan fingerprint density at radius 3 is 2.84 bits per heavy atom. The number of benzene rings is 1. The average Bonchev–Trinajstić information content (AvgIpc) is 3.04. The summed E-state index contributed by atoms with van der Waals surface area (Å²) in [6.07, 6.45) is 6.12. The molecular formula is C18H23Cl2N3O2. The van der Waals surface area contributed by atoms with Crippen LogP contribution in [-0.4, -0.2) is 23.5 Å². The summed E-state index contributed by atoms with van der Waals surface area (Å²) in [7, 11) is 0. The smallest absolute Gasteiger partial charge is 0.225 e. The third kappa shape index (κ3) is 6.20. The molecule has 25 heavy (non-hydrogen) atoms. The number of pyridine rings is 1. The number of anilines is 1. The SMILES string of the molecule is Cc1cc(NC(=O)CC2CCCN2)ccc1Oc1cccnc1.Cl.Cl. The van der Waals surface area contributed by atoms with E-state index in [0.29, 0.717) is 18.2 Å². The van der Waals surface area contributed by atoms with Crippen LogP contribution in [0, 0.1) is 6.92 Å². The molecule has 3 rings (SSSR count). The van der Waals surface area contributed by atoms with Crippen LogP contribution >= 0.6 is 24.8 Å². The zero-order valence-corrected chi connectivity index (χ0v) is 15.7. The van der Waals surface area contributed by atoms with Gasteiger partial charge in [-0.2, -0.15) is 0 Å². The normalized spacial score (nSPS) is 15.6. The number of nitrogens with one attached hydrogen (secondary N) is 2. The number of carbonyl (C=O) groups is 1. The molecule has 2 aromatic rings. The number of halogens is 2. The number of hydrogen-bond donors (Lipinski definition) is 2. The van der Waals surface area contributed by atoms with Crippen molar-refractivity contribution in [3.8, 4) is 11.5 Å². The summed E-state index contributed by atoms with van der Waals surface area (Å²) in [5.41, 5.74) is 1.76. The summed E-state index contributed by atoms with van der Waals surface area (Å²) >= 11 is 0. The number of aromatic nitrogens is 1. The second-order valence-corrected chi connectivity index (χ2v) is 5.82. The molecule has 1 aromatic carbocycles. The third-order valence-corrected chi connectivity index (χ3v) is 3.92. The van der Waals surface area contributed by atoms with Gasteiger partial charge in [0, 0.05) is 24.3 Å². The number of aryl methyl sites for hydroxylation is 1. The number of hydrogen-bond acceptors (Lipinski definition) is 4. The Labute approximate surface area is 160 Å². The van der Waals surface area contributed by atoms with Gasteiger partial charge in [0.2, 0.25) is 5.91 Å². The fourth-order valence-electron chi connectivity index (χ4n) is 2.74. The van der Waals surface area contributed by atoms with E-state index in [1.54, 1.807) is 12.4 Å². The molecule has 0 aliphatic carbocycles. The van der Waals surface area contributed by atoms with Gasteiger partial charge in [-0.05, 0) is 62.2 Å². The maximum atomic E-state index is 12.1. The molecule has 1 unspecified atom stereocenters. The van der Waals surface area contributed by atoms with Crippen LogP contribution < -0.4 is 15.4 Å². The van der Waals surface area contributed by atoms with Crippen molar-refractivity contribution in [2.45, 2.75) is 32.2 Å². The van der Waals surface area contributed by atoms with Crippen LogP contribution in [0.25, 0.3) is 0 Å². The van der Waals surface area contributed by atoms with Crippen molar-refractivity contribution in [1.82, 2.24) is 10.3 Å². The summed E-state index contributed by atoms with van der Waals surface area (Å²) in [6, 6.07) is 9.65. The van der Waals surface area contributed by atoms with E-state index in [4.69, 9.17) is 4.74 Å². The van der Waals surface area contributed by atoms with Crippen LogP contribution in [0.2, 0.25) is 0 Å². The average molecular weight is 384 g/mol. The van der Waals surface area contributed by atoms with Crippen LogP contribution in [0.4, 0.5) is 5.69 Å². The van der Waals surface area contributed by atoms with Gasteiger partial charge in [-0.3, -0.25) is 9.78 Å². The molecule has 0 spiro atoms. The fourth-order valence-corrected chi connectivity index (χ4v) is 2.74. The van der Waals surface area contributed by atoms with E-state index in [9.17, 15) is 4.79 Å². The zero-order valence-electron chi connectivity index (χ0n) is 14.0. The zero-order chi connectivity index (χ0) is 16.1. The van der Waals surface area contributed by atoms with E-state index in [0.717, 1.165) is 36.4 Å². The Morgan fingerprint density at radius 1 is 1.36 bits per heavy atom. The monoisotopic (exact) mass is 383 g/mol. The van der Waals surface area contributed by atoms with Gasteiger partial charge < -0.3 is 15.4 Å². The fraction of sp³-hybridized carbons (Fsp3) is 0.333. The highest BCUT2D eigenvalue weighted by Crippen LogP contribution is 2.27. The van der Waals surface area contributed by atoms with E-state index in [-0.39, 0.29) is 30.7 Å². The van der Waals surface area contributed by atoms with E-state index < -0.39 is 0 Å². The van der Waals surface area contributed by atoms with Crippen molar-refractivity contribution in [3.05, 3.63) is 48.3 Å². The lowest BCUT2D eigenvalue weighted by Crippen LogP contribution is -2.27. The van der Waals surface area contributed by atoms with Crippen molar-refractivity contribution in [1.29, 1.82) is 0 Å². The van der Waals surface area contributed by atoms with Crippen LogP contribution in [0.3, 0.4) is 0 Å². The summed E-state index contributed by atoms with van der Waals surface area (Å²) in [6.45, 7) is 2.97. The lowest BCUT2D eigenvalue weighted by Gasteiger charge is -2.13. The van der Waals surface area contributed by atoms with Gasteiger partial charge in [-0.1, -0.05) is 0 Å². The second kappa shape index (κ2) is 10.2. The van der Waals surface area contributed by atoms with E-state index in [2.05, 4.69) is 15.6 Å². The second-order valence-electron chi connectivity index (χ2n) is 5.82. The Balaban J connectivity index is 0.00000156. The van der Waals surface area contributed by atoms with Crippen LogP contribution in [0.5, 0.6) is 11.5 Å². The molecule has 1 atom stereocenters. The lowest BCUT2D eigenvalue weighted by atomic mass is 10.1. The maximum Gasteiger partial charge on any atom is 0.225 e. The molecule has 2 heterocycles. The first-order valence-electron chi connectivity index (χ1n) is 7.92. The number of nitrogens with zero attached hydrogens (tertiary/aromatic N) is 1. The Bertz CT molecular complexity index is 677. The highest BCUT2D eigenvalue weighted by Gasteiger charge is 2.17. The molecule has 1 aliphatic heterocycles. The molecule has 136 valence electrons. The third-order valence-electron chi connectivity index (χ3n) is 3.92. The summed E-state index contributed by atoms with van der Waals surface area (Å²) in [5.74, 6) is 1.50. The highest BCUT2D eigenvalue weighted by atomic mass is 35.5. The number of ether oxygens (including phenoxy) is 1. The van der Waals surface area contributed by atoms with Crippen molar-refractivity contribution in [2.24, 2.45) is 0 Å². The number of carbonyl (C=O) groups excluding carboxylic acids is 1. The molecule has 0 radical (unpaired) electrons. The minimum absolute atomic E-state index is 0. The van der Waals surface area contributed by atoms with Gasteiger partial charge >= 0.3 is 0 Å². The molecule has 1 amide bonds. The predicted molar refractivity (Wildman–Crippen MR) is 104 cm³/mol. The van der Waals surface area contributed by atoms with Gasteiger partial charge in [-0.25, -0.2) is 0 Å². The van der Waals surface area contributed by atoms with Crippen molar-refractivity contribution < 1.29 is 9.53 Å².